The van der Waals surface area contributed by atoms with Gasteiger partial charge in [-0.15, -0.1) is 0 Å². The second-order valence-electron chi connectivity index (χ2n) is 3.20. The molecule has 0 rings (SSSR count). The first-order chi connectivity index (χ1) is 5.92. The van der Waals surface area contributed by atoms with Crippen molar-refractivity contribution >= 4 is 0 Å². The molecule has 0 aliphatic carbocycles. The second-order valence-corrected chi connectivity index (χ2v) is 3.20. The van der Waals surface area contributed by atoms with Gasteiger partial charge in [-0.05, 0) is 26.8 Å². The van der Waals surface area contributed by atoms with E-state index in [1.807, 2.05) is 19.9 Å². The smallest absolute Gasteiger partial charge is 0.313 e. The van der Waals surface area contributed by atoms with Crippen LogP contribution in [0, 0.1) is 0 Å². The van der Waals surface area contributed by atoms with E-state index in [9.17, 15) is 13.2 Å². The first kappa shape index (κ1) is 12.5. The molecule has 0 saturated carbocycles. The summed E-state index contributed by atoms with van der Waals surface area (Å²) in [7, 11) is 0. The summed E-state index contributed by atoms with van der Waals surface area (Å²) in [5.41, 5.74) is 1.17. The standard InChI is InChI=1S/C9H16F3N/c1-8(2)4-7-13-6-3-5-9(10,11)12/h4,13H,3,5-7H2,1-2H3. The third kappa shape index (κ3) is 11.5. The van der Waals surface area contributed by atoms with Crippen LogP contribution in [-0.4, -0.2) is 19.3 Å². The quantitative estimate of drug-likeness (QED) is 0.525. The maximum Gasteiger partial charge on any atom is 0.389 e. The lowest BCUT2D eigenvalue weighted by Crippen LogP contribution is -2.18. The van der Waals surface area contributed by atoms with E-state index in [0.717, 1.165) is 0 Å². The second kappa shape index (κ2) is 6.02. The molecule has 4 heteroatoms. The van der Waals surface area contributed by atoms with Crippen molar-refractivity contribution in [2.24, 2.45) is 0 Å². The molecule has 0 aliphatic heterocycles. The van der Waals surface area contributed by atoms with Crippen LogP contribution < -0.4 is 5.32 Å². The molecule has 0 heterocycles. The van der Waals surface area contributed by atoms with E-state index >= 15 is 0 Å². The zero-order valence-corrected chi connectivity index (χ0v) is 8.04. The van der Waals surface area contributed by atoms with E-state index in [1.54, 1.807) is 0 Å². The molecule has 0 unspecified atom stereocenters. The minimum Gasteiger partial charge on any atom is -0.313 e. The van der Waals surface area contributed by atoms with E-state index < -0.39 is 12.6 Å². The van der Waals surface area contributed by atoms with Gasteiger partial charge < -0.3 is 5.32 Å². The van der Waals surface area contributed by atoms with E-state index in [0.29, 0.717) is 13.1 Å². The molecule has 0 amide bonds. The molecule has 0 spiro atoms. The van der Waals surface area contributed by atoms with Crippen molar-refractivity contribution < 1.29 is 13.2 Å². The average Bonchev–Trinajstić information content (AvgIpc) is 1.93. The lowest BCUT2D eigenvalue weighted by molar-refractivity contribution is -0.135. The van der Waals surface area contributed by atoms with Gasteiger partial charge in [0.15, 0.2) is 0 Å². The lowest BCUT2D eigenvalue weighted by Gasteiger charge is -2.05. The summed E-state index contributed by atoms with van der Waals surface area (Å²) >= 11 is 0. The fraction of sp³-hybridized carbons (Fsp3) is 0.778. The van der Waals surface area contributed by atoms with Gasteiger partial charge in [0.2, 0.25) is 0 Å². The van der Waals surface area contributed by atoms with E-state index in [4.69, 9.17) is 0 Å². The molecule has 1 nitrogen and oxygen atoms in total. The van der Waals surface area contributed by atoms with Crippen molar-refractivity contribution in [3.05, 3.63) is 11.6 Å². The van der Waals surface area contributed by atoms with Gasteiger partial charge in [-0.25, -0.2) is 0 Å². The highest BCUT2D eigenvalue weighted by Gasteiger charge is 2.25. The van der Waals surface area contributed by atoms with Crippen LogP contribution >= 0.6 is 0 Å². The van der Waals surface area contributed by atoms with Crippen LogP contribution in [0.2, 0.25) is 0 Å². The Morgan fingerprint density at radius 3 is 2.38 bits per heavy atom. The first-order valence-corrected chi connectivity index (χ1v) is 4.32. The Morgan fingerprint density at radius 2 is 1.92 bits per heavy atom. The molecular formula is C9H16F3N. The van der Waals surface area contributed by atoms with Crippen molar-refractivity contribution in [2.75, 3.05) is 13.1 Å². The number of allylic oxidation sites excluding steroid dienone is 1. The van der Waals surface area contributed by atoms with Crippen molar-refractivity contribution in [1.29, 1.82) is 0 Å². The van der Waals surface area contributed by atoms with Crippen molar-refractivity contribution in [1.82, 2.24) is 5.32 Å². The maximum absolute atomic E-state index is 11.7. The van der Waals surface area contributed by atoms with Crippen LogP contribution in [0.15, 0.2) is 11.6 Å². The van der Waals surface area contributed by atoms with Gasteiger partial charge in [0.05, 0.1) is 0 Å². The highest BCUT2D eigenvalue weighted by Crippen LogP contribution is 2.20. The zero-order chi connectivity index (χ0) is 10.3. The highest BCUT2D eigenvalue weighted by molar-refractivity contribution is 4.94. The van der Waals surface area contributed by atoms with Crippen LogP contribution in [0.4, 0.5) is 13.2 Å². The number of alkyl halides is 3. The summed E-state index contributed by atoms with van der Waals surface area (Å²) in [5, 5.41) is 2.91. The number of halogens is 3. The third-order valence-electron chi connectivity index (χ3n) is 1.47. The maximum atomic E-state index is 11.7. The molecule has 0 fully saturated rings. The Bertz CT molecular complexity index is 157. The highest BCUT2D eigenvalue weighted by atomic mass is 19.4. The van der Waals surface area contributed by atoms with Crippen molar-refractivity contribution in [3.63, 3.8) is 0 Å². The van der Waals surface area contributed by atoms with E-state index in [2.05, 4.69) is 5.32 Å². The van der Waals surface area contributed by atoms with Gasteiger partial charge in [-0.1, -0.05) is 11.6 Å². The summed E-state index contributed by atoms with van der Waals surface area (Å²) in [6, 6.07) is 0. The normalized spacial score (nSPS) is 11.5. The molecule has 13 heavy (non-hydrogen) atoms. The predicted molar refractivity (Wildman–Crippen MR) is 47.6 cm³/mol. The van der Waals surface area contributed by atoms with Gasteiger partial charge in [-0.2, -0.15) is 13.2 Å². The van der Waals surface area contributed by atoms with Gasteiger partial charge in [-0.3, -0.25) is 0 Å². The summed E-state index contributed by atoms with van der Waals surface area (Å²) in [6.45, 7) is 4.98. The Hall–Kier alpha value is -0.510. The summed E-state index contributed by atoms with van der Waals surface area (Å²) in [5.74, 6) is 0. The van der Waals surface area contributed by atoms with Crippen LogP contribution in [0.1, 0.15) is 26.7 Å². The Labute approximate surface area is 77.0 Å². The van der Waals surface area contributed by atoms with Gasteiger partial charge >= 0.3 is 6.18 Å². The number of hydrogen-bond donors (Lipinski definition) is 1. The summed E-state index contributed by atoms with van der Waals surface area (Å²) in [4.78, 5) is 0. The Morgan fingerprint density at radius 1 is 1.31 bits per heavy atom. The van der Waals surface area contributed by atoms with Crippen molar-refractivity contribution in [2.45, 2.75) is 32.9 Å². The lowest BCUT2D eigenvalue weighted by atomic mass is 10.3. The predicted octanol–water partition coefficient (Wildman–Crippen LogP) is 2.88. The van der Waals surface area contributed by atoms with Crippen LogP contribution in [-0.2, 0) is 0 Å². The number of nitrogens with one attached hydrogen (secondary N) is 1. The van der Waals surface area contributed by atoms with Crippen LogP contribution in [0.3, 0.4) is 0 Å². The fourth-order valence-corrected chi connectivity index (χ4v) is 0.792. The third-order valence-corrected chi connectivity index (χ3v) is 1.47. The molecule has 0 aliphatic rings. The number of rotatable bonds is 5. The largest absolute Gasteiger partial charge is 0.389 e. The minimum atomic E-state index is -4.02. The molecule has 78 valence electrons. The van der Waals surface area contributed by atoms with Gasteiger partial charge in [0.1, 0.15) is 0 Å². The molecule has 0 aromatic carbocycles. The molecule has 0 bridgehead atoms. The number of hydrogen-bond acceptors (Lipinski definition) is 1. The topological polar surface area (TPSA) is 12.0 Å². The van der Waals surface area contributed by atoms with Crippen molar-refractivity contribution in [3.8, 4) is 0 Å². The summed E-state index contributed by atoms with van der Waals surface area (Å²) in [6.07, 6.45) is -2.61. The van der Waals surface area contributed by atoms with Gasteiger partial charge in [0, 0.05) is 13.0 Å². The Balaban J connectivity index is 3.23. The average molecular weight is 195 g/mol. The molecule has 1 N–H and O–H groups in total. The molecule has 0 saturated heterocycles. The van der Waals surface area contributed by atoms with Gasteiger partial charge in [0.25, 0.3) is 0 Å². The van der Waals surface area contributed by atoms with E-state index in [-0.39, 0.29) is 6.42 Å². The summed E-state index contributed by atoms with van der Waals surface area (Å²) < 4.78 is 35.0. The van der Waals surface area contributed by atoms with Crippen LogP contribution in [0.5, 0.6) is 0 Å². The van der Waals surface area contributed by atoms with Crippen LogP contribution in [0.25, 0.3) is 0 Å². The first-order valence-electron chi connectivity index (χ1n) is 4.32. The zero-order valence-electron chi connectivity index (χ0n) is 8.04. The molecule has 0 aromatic heterocycles. The molecule has 0 radical (unpaired) electrons. The molecule has 0 aromatic rings. The SMILES string of the molecule is CC(C)=CCNCCCC(F)(F)F. The monoisotopic (exact) mass is 195 g/mol. The Kier molecular flexibility index (Phi) is 5.79. The fourth-order valence-electron chi connectivity index (χ4n) is 0.792. The molecule has 0 atom stereocenters. The molecular weight excluding hydrogens is 179 g/mol. The minimum absolute atomic E-state index is 0.153. The van der Waals surface area contributed by atoms with E-state index in [1.165, 1.54) is 5.57 Å².